The molecule has 0 aromatic carbocycles. The summed E-state index contributed by atoms with van der Waals surface area (Å²) in [4.78, 5) is 10.5. The molecule has 14 heavy (non-hydrogen) atoms. The summed E-state index contributed by atoms with van der Waals surface area (Å²) >= 11 is 0. The summed E-state index contributed by atoms with van der Waals surface area (Å²) < 4.78 is 5.04. The molecule has 0 aliphatic heterocycles. The van der Waals surface area contributed by atoms with Gasteiger partial charge in [0.2, 0.25) is 6.29 Å². The lowest BCUT2D eigenvalue weighted by molar-refractivity contribution is -0.413. The fourth-order valence-electron chi connectivity index (χ4n) is 0.587. The van der Waals surface area contributed by atoms with Crippen molar-refractivity contribution in [2.75, 3.05) is 7.11 Å². The van der Waals surface area contributed by atoms with Gasteiger partial charge in [0.1, 0.15) is 5.60 Å². The van der Waals surface area contributed by atoms with Crippen LogP contribution in [0.2, 0.25) is 0 Å². The number of ether oxygens (including phenoxy) is 1. The van der Waals surface area contributed by atoms with Crippen molar-refractivity contribution >= 4 is 0 Å². The van der Waals surface area contributed by atoms with E-state index < -0.39 is 6.29 Å². The minimum Gasteiger partial charge on any atom is -0.350 e. The van der Waals surface area contributed by atoms with E-state index in [0.717, 1.165) is 5.57 Å². The Morgan fingerprint density at radius 3 is 2.07 bits per heavy atom. The predicted molar refractivity (Wildman–Crippen MR) is 56.7 cm³/mol. The minimum atomic E-state index is -0.493. The molecule has 0 aliphatic rings. The van der Waals surface area contributed by atoms with Crippen LogP contribution in [0.15, 0.2) is 12.2 Å². The molecule has 1 unspecified atom stereocenters. The van der Waals surface area contributed by atoms with E-state index in [9.17, 15) is 0 Å². The summed E-state index contributed by atoms with van der Waals surface area (Å²) in [6, 6.07) is 0. The average molecular weight is 202 g/mol. The van der Waals surface area contributed by atoms with Gasteiger partial charge in [-0.1, -0.05) is 20.4 Å². The van der Waals surface area contributed by atoms with E-state index in [4.69, 9.17) is 14.5 Å². The molecule has 0 amide bonds. The molecule has 0 aromatic heterocycles. The van der Waals surface area contributed by atoms with Gasteiger partial charge in [0.05, 0.1) is 0 Å². The summed E-state index contributed by atoms with van der Waals surface area (Å²) in [5.41, 5.74) is 0.457. The number of rotatable bonds is 6. The highest BCUT2D eigenvalue weighted by atomic mass is 17.2. The van der Waals surface area contributed by atoms with Gasteiger partial charge in [-0.15, -0.1) is 0 Å². The first-order valence-electron chi connectivity index (χ1n) is 4.84. The van der Waals surface area contributed by atoms with E-state index >= 15 is 0 Å². The molecule has 0 spiro atoms. The molecule has 0 fully saturated rings. The molecule has 0 aliphatic carbocycles. The average Bonchev–Trinajstić information content (AvgIpc) is 2.04. The SMILES string of the molecule is C=C(C)C(OC)OOC(C)(C)C(C)C. The van der Waals surface area contributed by atoms with E-state index in [2.05, 4.69) is 20.4 Å². The third-order valence-electron chi connectivity index (χ3n) is 2.36. The molecule has 0 aromatic rings. The Morgan fingerprint density at radius 2 is 1.79 bits per heavy atom. The normalized spacial score (nSPS) is 14.5. The molecule has 0 saturated heterocycles. The van der Waals surface area contributed by atoms with Gasteiger partial charge in [-0.3, -0.25) is 0 Å². The van der Waals surface area contributed by atoms with Crippen LogP contribution in [-0.4, -0.2) is 19.0 Å². The summed E-state index contributed by atoms with van der Waals surface area (Å²) in [6.07, 6.45) is -0.493. The lowest BCUT2D eigenvalue weighted by Crippen LogP contribution is -2.33. The number of methoxy groups -OCH3 is 1. The number of hydrogen-bond donors (Lipinski definition) is 0. The molecule has 0 radical (unpaired) electrons. The van der Waals surface area contributed by atoms with Crippen molar-refractivity contribution in [2.24, 2.45) is 5.92 Å². The van der Waals surface area contributed by atoms with Gasteiger partial charge in [-0.2, -0.15) is 4.89 Å². The quantitative estimate of drug-likeness (QED) is 0.287. The lowest BCUT2D eigenvalue weighted by Gasteiger charge is -2.29. The summed E-state index contributed by atoms with van der Waals surface area (Å²) in [6.45, 7) is 13.7. The van der Waals surface area contributed by atoms with E-state index in [1.165, 1.54) is 0 Å². The maximum atomic E-state index is 5.32. The Bertz CT molecular complexity index is 185. The molecule has 0 saturated carbocycles. The van der Waals surface area contributed by atoms with E-state index in [1.54, 1.807) is 7.11 Å². The first-order chi connectivity index (χ1) is 6.31. The molecule has 0 heterocycles. The van der Waals surface area contributed by atoms with Gasteiger partial charge in [-0.05, 0) is 32.3 Å². The zero-order chi connectivity index (χ0) is 11.4. The second kappa shape index (κ2) is 5.49. The van der Waals surface area contributed by atoms with Gasteiger partial charge in [0, 0.05) is 7.11 Å². The van der Waals surface area contributed by atoms with Crippen molar-refractivity contribution in [3.05, 3.63) is 12.2 Å². The molecule has 0 bridgehead atoms. The van der Waals surface area contributed by atoms with E-state index in [1.807, 2.05) is 20.8 Å². The topological polar surface area (TPSA) is 27.7 Å². The highest BCUT2D eigenvalue weighted by Gasteiger charge is 2.26. The molecule has 3 nitrogen and oxygen atoms in total. The predicted octanol–water partition coefficient (Wildman–Crippen LogP) is 2.92. The van der Waals surface area contributed by atoms with Crippen LogP contribution in [-0.2, 0) is 14.5 Å². The maximum absolute atomic E-state index is 5.32. The molecule has 3 heteroatoms. The molecular formula is C11H22O3. The highest BCUT2D eigenvalue weighted by molar-refractivity contribution is 4.92. The van der Waals surface area contributed by atoms with Crippen molar-refractivity contribution < 1.29 is 14.5 Å². The highest BCUT2D eigenvalue weighted by Crippen LogP contribution is 2.22. The van der Waals surface area contributed by atoms with Gasteiger partial charge >= 0.3 is 0 Å². The summed E-state index contributed by atoms with van der Waals surface area (Å²) in [5.74, 6) is 0.366. The Morgan fingerprint density at radius 1 is 1.29 bits per heavy atom. The Hall–Kier alpha value is -0.380. The summed E-state index contributed by atoms with van der Waals surface area (Å²) in [7, 11) is 1.56. The number of hydrogen-bond acceptors (Lipinski definition) is 3. The van der Waals surface area contributed by atoms with Crippen LogP contribution >= 0.6 is 0 Å². The Kier molecular flexibility index (Phi) is 5.34. The van der Waals surface area contributed by atoms with Gasteiger partial charge in [-0.25, -0.2) is 4.89 Å². The fraction of sp³-hybridized carbons (Fsp3) is 0.818. The van der Waals surface area contributed by atoms with Gasteiger partial charge in [0.25, 0.3) is 0 Å². The second-order valence-electron chi connectivity index (χ2n) is 4.35. The largest absolute Gasteiger partial charge is 0.350 e. The van der Waals surface area contributed by atoms with Gasteiger partial charge < -0.3 is 4.74 Å². The zero-order valence-electron chi connectivity index (χ0n) is 10.1. The van der Waals surface area contributed by atoms with Crippen LogP contribution < -0.4 is 0 Å². The Balaban J connectivity index is 4.09. The Labute approximate surface area is 87.0 Å². The van der Waals surface area contributed by atoms with Crippen molar-refractivity contribution in [3.63, 3.8) is 0 Å². The first-order valence-corrected chi connectivity index (χ1v) is 4.84. The van der Waals surface area contributed by atoms with Crippen LogP contribution in [0.1, 0.15) is 34.6 Å². The maximum Gasteiger partial charge on any atom is 0.212 e. The van der Waals surface area contributed by atoms with Crippen LogP contribution in [0.25, 0.3) is 0 Å². The molecule has 1 atom stereocenters. The standard InChI is InChI=1S/C11H22O3/c1-8(2)10(12-7)13-14-11(5,6)9(3)4/h9-10H,1H2,2-7H3. The third-order valence-corrected chi connectivity index (χ3v) is 2.36. The van der Waals surface area contributed by atoms with Crippen molar-refractivity contribution in [1.82, 2.24) is 0 Å². The monoisotopic (exact) mass is 202 g/mol. The van der Waals surface area contributed by atoms with Crippen molar-refractivity contribution in [2.45, 2.75) is 46.5 Å². The minimum absolute atomic E-state index is 0.327. The second-order valence-corrected chi connectivity index (χ2v) is 4.35. The smallest absolute Gasteiger partial charge is 0.212 e. The van der Waals surface area contributed by atoms with Crippen LogP contribution in [0, 0.1) is 5.92 Å². The summed E-state index contributed by atoms with van der Waals surface area (Å²) in [5, 5.41) is 0. The van der Waals surface area contributed by atoms with E-state index in [-0.39, 0.29) is 5.60 Å². The molecule has 0 N–H and O–H groups in total. The molecule has 0 rings (SSSR count). The molecule has 84 valence electrons. The van der Waals surface area contributed by atoms with Crippen LogP contribution in [0.5, 0.6) is 0 Å². The third kappa shape index (κ3) is 4.22. The fourth-order valence-corrected chi connectivity index (χ4v) is 0.587. The van der Waals surface area contributed by atoms with E-state index in [0.29, 0.717) is 5.92 Å². The lowest BCUT2D eigenvalue weighted by atomic mass is 9.95. The van der Waals surface area contributed by atoms with Crippen molar-refractivity contribution in [1.29, 1.82) is 0 Å². The van der Waals surface area contributed by atoms with Gasteiger partial charge in [0.15, 0.2) is 0 Å². The van der Waals surface area contributed by atoms with Crippen LogP contribution in [0.3, 0.4) is 0 Å². The molecular weight excluding hydrogens is 180 g/mol. The first kappa shape index (κ1) is 13.6. The van der Waals surface area contributed by atoms with Crippen molar-refractivity contribution in [3.8, 4) is 0 Å². The van der Waals surface area contributed by atoms with Crippen LogP contribution in [0.4, 0.5) is 0 Å². The zero-order valence-corrected chi connectivity index (χ0v) is 10.1.